The standard InChI is InChI=1S/C22H27FN6OS/c1-22(2,3)29-21(30)15-11-26-20-19(15)28-17(12-27-20)18(24)14-7-6-13(23)10-16(14)25-8-5-9-31-4/h6-7,10-12,24-25H,5,8-9H2,1-4H3,(H,26,27)(H,29,30). The zero-order valence-corrected chi connectivity index (χ0v) is 18.9. The first kappa shape index (κ1) is 22.7. The molecule has 9 heteroatoms. The van der Waals surface area contributed by atoms with Crippen molar-refractivity contribution in [2.75, 3.05) is 23.9 Å². The van der Waals surface area contributed by atoms with E-state index in [0.717, 1.165) is 12.2 Å². The van der Waals surface area contributed by atoms with Crippen LogP contribution in [0.5, 0.6) is 0 Å². The van der Waals surface area contributed by atoms with Crippen LogP contribution in [0.2, 0.25) is 0 Å². The lowest BCUT2D eigenvalue weighted by Gasteiger charge is -2.20. The number of amides is 1. The van der Waals surface area contributed by atoms with E-state index < -0.39 is 5.54 Å². The van der Waals surface area contributed by atoms with Gasteiger partial charge in [-0.1, -0.05) is 0 Å². The van der Waals surface area contributed by atoms with Crippen LogP contribution in [0, 0.1) is 11.2 Å². The molecule has 1 aromatic carbocycles. The number of aromatic nitrogens is 3. The largest absolute Gasteiger partial charge is 0.384 e. The van der Waals surface area contributed by atoms with Gasteiger partial charge in [0.2, 0.25) is 0 Å². The SMILES string of the molecule is CSCCCNc1cc(F)ccc1C(=N)c1cnc2[nH]cc(C(=O)NC(C)(C)C)c2n1. The maximum Gasteiger partial charge on any atom is 0.255 e. The van der Waals surface area contributed by atoms with Gasteiger partial charge >= 0.3 is 0 Å². The van der Waals surface area contributed by atoms with E-state index in [9.17, 15) is 9.18 Å². The average molecular weight is 443 g/mol. The highest BCUT2D eigenvalue weighted by molar-refractivity contribution is 7.98. The van der Waals surface area contributed by atoms with E-state index in [1.807, 2.05) is 27.0 Å². The minimum atomic E-state index is -0.399. The minimum absolute atomic E-state index is 0.102. The van der Waals surface area contributed by atoms with Crippen molar-refractivity contribution in [3.8, 4) is 0 Å². The number of rotatable bonds is 8. The third-order valence-corrected chi connectivity index (χ3v) is 5.16. The number of thioether (sulfide) groups is 1. The second kappa shape index (κ2) is 9.47. The van der Waals surface area contributed by atoms with Gasteiger partial charge < -0.3 is 15.6 Å². The van der Waals surface area contributed by atoms with Crippen molar-refractivity contribution in [3.63, 3.8) is 0 Å². The Morgan fingerprint density at radius 1 is 1.29 bits per heavy atom. The van der Waals surface area contributed by atoms with Gasteiger partial charge in [0.1, 0.15) is 17.0 Å². The number of aromatic amines is 1. The molecule has 0 aliphatic carbocycles. The van der Waals surface area contributed by atoms with Crippen LogP contribution in [-0.2, 0) is 0 Å². The van der Waals surface area contributed by atoms with E-state index in [-0.39, 0.29) is 17.4 Å². The highest BCUT2D eigenvalue weighted by Gasteiger charge is 2.21. The van der Waals surface area contributed by atoms with E-state index in [1.54, 1.807) is 24.0 Å². The van der Waals surface area contributed by atoms with Crippen molar-refractivity contribution in [2.24, 2.45) is 0 Å². The Morgan fingerprint density at radius 3 is 2.77 bits per heavy atom. The summed E-state index contributed by atoms with van der Waals surface area (Å²) in [4.78, 5) is 24.5. The van der Waals surface area contributed by atoms with Crippen LogP contribution >= 0.6 is 11.8 Å². The molecule has 7 nitrogen and oxygen atoms in total. The number of hydrogen-bond donors (Lipinski definition) is 4. The van der Waals surface area contributed by atoms with Crippen LogP contribution < -0.4 is 10.6 Å². The molecule has 0 atom stereocenters. The quantitative estimate of drug-likeness (QED) is 0.309. The number of carbonyl (C=O) groups excluding carboxylic acids is 1. The Bertz CT molecular complexity index is 1110. The number of nitrogens with one attached hydrogen (secondary N) is 4. The van der Waals surface area contributed by atoms with Crippen molar-refractivity contribution in [2.45, 2.75) is 32.7 Å². The lowest BCUT2D eigenvalue weighted by Crippen LogP contribution is -2.40. The van der Waals surface area contributed by atoms with Gasteiger partial charge in [0.25, 0.3) is 5.91 Å². The molecule has 2 aromatic heterocycles. The second-order valence-electron chi connectivity index (χ2n) is 8.20. The monoisotopic (exact) mass is 442 g/mol. The summed E-state index contributed by atoms with van der Waals surface area (Å²) in [5.74, 6) is 0.344. The number of nitrogens with zero attached hydrogens (tertiary/aromatic N) is 2. The molecule has 0 spiro atoms. The van der Waals surface area contributed by atoms with Gasteiger partial charge in [-0.05, 0) is 57.4 Å². The van der Waals surface area contributed by atoms with Gasteiger partial charge in [0, 0.05) is 29.5 Å². The fourth-order valence-electron chi connectivity index (χ4n) is 3.05. The van der Waals surface area contributed by atoms with E-state index in [2.05, 4.69) is 25.6 Å². The molecule has 0 unspecified atom stereocenters. The van der Waals surface area contributed by atoms with E-state index in [1.165, 1.54) is 18.3 Å². The normalized spacial score (nSPS) is 11.5. The Kier molecular flexibility index (Phi) is 6.94. The first-order chi connectivity index (χ1) is 14.7. The van der Waals surface area contributed by atoms with Gasteiger partial charge in [0.15, 0.2) is 5.65 Å². The predicted octanol–water partition coefficient (Wildman–Crippen LogP) is 4.21. The molecular formula is C22H27FN6OS. The summed E-state index contributed by atoms with van der Waals surface area (Å²) in [6, 6.07) is 4.26. The number of anilines is 1. The van der Waals surface area contributed by atoms with E-state index in [0.29, 0.717) is 40.2 Å². The molecule has 1 amide bonds. The first-order valence-electron chi connectivity index (χ1n) is 9.98. The van der Waals surface area contributed by atoms with Crippen LogP contribution in [0.3, 0.4) is 0 Å². The number of carbonyl (C=O) groups is 1. The minimum Gasteiger partial charge on any atom is -0.384 e. The fourth-order valence-corrected chi connectivity index (χ4v) is 3.48. The number of fused-ring (bicyclic) bond motifs is 1. The zero-order valence-electron chi connectivity index (χ0n) is 18.1. The lowest BCUT2D eigenvalue weighted by atomic mass is 10.0. The fraction of sp³-hybridized carbons (Fsp3) is 0.364. The maximum absolute atomic E-state index is 13.8. The van der Waals surface area contributed by atoms with Crippen molar-refractivity contribution in [3.05, 3.63) is 53.2 Å². The molecule has 31 heavy (non-hydrogen) atoms. The molecule has 0 bridgehead atoms. The van der Waals surface area contributed by atoms with Crippen LogP contribution in [0.4, 0.5) is 10.1 Å². The Balaban J connectivity index is 1.92. The maximum atomic E-state index is 13.8. The van der Waals surface area contributed by atoms with E-state index in [4.69, 9.17) is 5.41 Å². The van der Waals surface area contributed by atoms with Crippen molar-refractivity contribution >= 4 is 40.2 Å². The van der Waals surface area contributed by atoms with Gasteiger partial charge in [-0.15, -0.1) is 0 Å². The van der Waals surface area contributed by atoms with Crippen LogP contribution in [0.25, 0.3) is 11.2 Å². The summed E-state index contributed by atoms with van der Waals surface area (Å²) in [6.07, 6.45) is 6.00. The third-order valence-electron chi connectivity index (χ3n) is 4.46. The second-order valence-corrected chi connectivity index (χ2v) is 9.18. The molecule has 3 rings (SSSR count). The van der Waals surface area contributed by atoms with Crippen molar-refractivity contribution in [1.82, 2.24) is 20.3 Å². The molecular weight excluding hydrogens is 415 g/mol. The summed E-state index contributed by atoms with van der Waals surface area (Å²) in [5.41, 5.74) is 2.28. The Morgan fingerprint density at radius 2 is 2.06 bits per heavy atom. The zero-order chi connectivity index (χ0) is 22.6. The summed E-state index contributed by atoms with van der Waals surface area (Å²) in [7, 11) is 0. The van der Waals surface area contributed by atoms with E-state index >= 15 is 0 Å². The Hall–Kier alpha value is -2.94. The molecule has 0 fully saturated rings. The number of benzene rings is 1. The molecule has 3 aromatic rings. The van der Waals surface area contributed by atoms with Crippen molar-refractivity contribution in [1.29, 1.82) is 5.41 Å². The molecule has 0 aliphatic rings. The lowest BCUT2D eigenvalue weighted by molar-refractivity contribution is 0.0921. The highest BCUT2D eigenvalue weighted by Crippen LogP contribution is 2.22. The summed E-state index contributed by atoms with van der Waals surface area (Å²) in [5, 5.41) is 14.8. The van der Waals surface area contributed by atoms with Gasteiger partial charge in [-0.3, -0.25) is 10.2 Å². The van der Waals surface area contributed by atoms with Crippen LogP contribution in [0.15, 0.2) is 30.6 Å². The molecule has 2 heterocycles. The summed E-state index contributed by atoms with van der Waals surface area (Å²) < 4.78 is 13.8. The molecule has 0 aliphatic heterocycles. The van der Waals surface area contributed by atoms with Crippen LogP contribution in [0.1, 0.15) is 48.8 Å². The summed E-state index contributed by atoms with van der Waals surface area (Å²) >= 11 is 1.75. The predicted molar refractivity (Wildman–Crippen MR) is 125 cm³/mol. The first-order valence-corrected chi connectivity index (χ1v) is 11.4. The van der Waals surface area contributed by atoms with Crippen LogP contribution in [-0.4, -0.2) is 50.7 Å². The highest BCUT2D eigenvalue weighted by atomic mass is 32.2. The molecule has 0 saturated heterocycles. The third kappa shape index (κ3) is 5.61. The summed E-state index contributed by atoms with van der Waals surface area (Å²) in [6.45, 7) is 6.36. The Labute approximate surface area is 185 Å². The number of H-pyrrole nitrogens is 1. The number of halogens is 1. The average Bonchev–Trinajstić information content (AvgIpc) is 3.13. The topological polar surface area (TPSA) is 107 Å². The van der Waals surface area contributed by atoms with Gasteiger partial charge in [-0.25, -0.2) is 14.4 Å². The van der Waals surface area contributed by atoms with Crippen molar-refractivity contribution < 1.29 is 9.18 Å². The number of hydrogen-bond acceptors (Lipinski definition) is 6. The molecule has 164 valence electrons. The van der Waals surface area contributed by atoms with Gasteiger partial charge in [0.05, 0.1) is 17.5 Å². The smallest absolute Gasteiger partial charge is 0.255 e. The molecule has 0 radical (unpaired) electrons. The van der Waals surface area contributed by atoms with Gasteiger partial charge in [-0.2, -0.15) is 11.8 Å². The molecule has 4 N–H and O–H groups in total. The molecule has 0 saturated carbocycles.